The topological polar surface area (TPSA) is 110 Å². The number of aromatic nitrogens is 1. The highest BCUT2D eigenvalue weighted by molar-refractivity contribution is 8.00. The Morgan fingerprint density at radius 1 is 1.31 bits per heavy atom. The predicted molar refractivity (Wildman–Crippen MR) is 134 cm³/mol. The molecule has 2 aromatic carbocycles. The molecule has 10 heteroatoms. The molecule has 3 heterocycles. The number of fused-ring (bicyclic) bond motifs is 2. The van der Waals surface area contributed by atoms with Crippen LogP contribution >= 0.6 is 11.8 Å². The Hall–Kier alpha value is -4.05. The van der Waals surface area contributed by atoms with Crippen LogP contribution < -0.4 is 20.3 Å². The maximum atomic E-state index is 12.4. The first-order valence-corrected chi connectivity index (χ1v) is 11.9. The number of benzene rings is 2. The van der Waals surface area contributed by atoms with Gasteiger partial charge in [0.2, 0.25) is 11.8 Å². The maximum Gasteiger partial charge on any atom is 0.414 e. The average Bonchev–Trinajstić information content (AvgIpc) is 3.25. The molecule has 3 aromatic rings. The van der Waals surface area contributed by atoms with Gasteiger partial charge < -0.3 is 20.1 Å². The van der Waals surface area contributed by atoms with Crippen LogP contribution in [0.15, 0.2) is 59.6 Å². The summed E-state index contributed by atoms with van der Waals surface area (Å²) in [7, 11) is 1.58. The standard InChI is InChI=1S/C25H22N4O5S/c1-33-17-10-19-15(3-2-4-20(19)26-11-17)5-8-23(30)27-12-18-13-29(25(32)34-18)16-6-7-22-21(9-16)28-24(31)14-35-22/h2-11,18H,12-14H2,1H3,(H,27,30)(H,28,31)/b8-5+/t18-/m1/s1. The summed E-state index contributed by atoms with van der Waals surface area (Å²) in [6.45, 7) is 0.464. The van der Waals surface area contributed by atoms with Gasteiger partial charge in [-0.2, -0.15) is 0 Å². The van der Waals surface area contributed by atoms with Gasteiger partial charge in [-0.15, -0.1) is 11.8 Å². The molecule has 178 valence electrons. The van der Waals surface area contributed by atoms with Gasteiger partial charge >= 0.3 is 6.09 Å². The first-order chi connectivity index (χ1) is 17.0. The monoisotopic (exact) mass is 490 g/mol. The molecule has 2 N–H and O–H groups in total. The molecule has 2 aliphatic rings. The van der Waals surface area contributed by atoms with E-state index in [1.807, 2.05) is 36.4 Å². The highest BCUT2D eigenvalue weighted by atomic mass is 32.2. The number of hydrogen-bond acceptors (Lipinski definition) is 7. The molecule has 0 aliphatic carbocycles. The molecule has 1 aromatic heterocycles. The molecule has 1 atom stereocenters. The summed E-state index contributed by atoms with van der Waals surface area (Å²) < 4.78 is 10.7. The smallest absolute Gasteiger partial charge is 0.414 e. The number of nitrogens with zero attached hydrogens (tertiary/aromatic N) is 2. The zero-order valence-corrected chi connectivity index (χ0v) is 19.6. The van der Waals surface area contributed by atoms with E-state index in [-0.39, 0.29) is 24.9 Å². The van der Waals surface area contributed by atoms with E-state index < -0.39 is 12.2 Å². The Morgan fingerprint density at radius 2 is 2.20 bits per heavy atom. The predicted octanol–water partition coefficient (Wildman–Crippen LogP) is 3.44. The van der Waals surface area contributed by atoms with E-state index in [0.29, 0.717) is 22.9 Å². The number of carbonyl (C=O) groups is 3. The van der Waals surface area contributed by atoms with Gasteiger partial charge in [0.15, 0.2) is 0 Å². The van der Waals surface area contributed by atoms with Gasteiger partial charge in [-0.1, -0.05) is 12.1 Å². The first kappa shape index (κ1) is 22.7. The van der Waals surface area contributed by atoms with Crippen molar-refractivity contribution >= 4 is 58.0 Å². The van der Waals surface area contributed by atoms with E-state index in [1.165, 1.54) is 22.7 Å². The molecule has 1 fully saturated rings. The Balaban J connectivity index is 1.20. The molecule has 5 rings (SSSR count). The van der Waals surface area contributed by atoms with Crippen LogP contribution in [0, 0.1) is 0 Å². The van der Waals surface area contributed by atoms with E-state index >= 15 is 0 Å². The van der Waals surface area contributed by atoms with E-state index in [0.717, 1.165) is 21.4 Å². The molecule has 0 saturated carbocycles. The third-order valence-corrected chi connectivity index (χ3v) is 6.74. The van der Waals surface area contributed by atoms with Crippen LogP contribution in [0.25, 0.3) is 17.0 Å². The summed E-state index contributed by atoms with van der Waals surface area (Å²) in [6.07, 6.45) is 3.81. The summed E-state index contributed by atoms with van der Waals surface area (Å²) in [6, 6.07) is 13.0. The lowest BCUT2D eigenvalue weighted by molar-refractivity contribution is -0.117. The number of cyclic esters (lactones) is 1. The molecule has 2 aliphatic heterocycles. The molecular weight excluding hydrogens is 468 g/mol. The van der Waals surface area contributed by atoms with Crippen molar-refractivity contribution in [3.63, 3.8) is 0 Å². The minimum Gasteiger partial charge on any atom is -0.495 e. The van der Waals surface area contributed by atoms with E-state index in [4.69, 9.17) is 9.47 Å². The number of methoxy groups -OCH3 is 1. The number of amides is 3. The number of rotatable bonds is 6. The molecule has 0 unspecified atom stereocenters. The van der Waals surface area contributed by atoms with Crippen molar-refractivity contribution in [2.75, 3.05) is 36.2 Å². The van der Waals surface area contributed by atoms with Gasteiger partial charge in [0.05, 0.1) is 43.4 Å². The second-order valence-corrected chi connectivity index (χ2v) is 9.02. The van der Waals surface area contributed by atoms with Crippen molar-refractivity contribution in [3.05, 3.63) is 60.3 Å². The highest BCUT2D eigenvalue weighted by Crippen LogP contribution is 2.35. The molecule has 3 amide bonds. The Morgan fingerprint density at radius 3 is 3.06 bits per heavy atom. The largest absolute Gasteiger partial charge is 0.495 e. The molecule has 1 saturated heterocycles. The van der Waals surface area contributed by atoms with Gasteiger partial charge in [0.1, 0.15) is 11.9 Å². The van der Waals surface area contributed by atoms with Crippen LogP contribution in [0.2, 0.25) is 0 Å². The minimum atomic E-state index is -0.495. The lowest BCUT2D eigenvalue weighted by Crippen LogP contribution is -2.33. The van der Waals surface area contributed by atoms with Gasteiger partial charge in [0.25, 0.3) is 0 Å². The number of carbonyl (C=O) groups excluding carboxylic acids is 3. The fraction of sp³-hybridized carbons (Fsp3) is 0.200. The van der Waals surface area contributed by atoms with Crippen LogP contribution in [-0.4, -0.2) is 54.9 Å². The molecule has 0 radical (unpaired) electrons. The summed E-state index contributed by atoms with van der Waals surface area (Å²) in [5, 5.41) is 6.48. The number of nitrogens with one attached hydrogen (secondary N) is 2. The van der Waals surface area contributed by atoms with Gasteiger partial charge in [-0.05, 0) is 42.0 Å². The molecule has 0 spiro atoms. The van der Waals surface area contributed by atoms with Crippen LogP contribution in [0.5, 0.6) is 5.75 Å². The van der Waals surface area contributed by atoms with Crippen molar-refractivity contribution in [3.8, 4) is 5.75 Å². The maximum absolute atomic E-state index is 12.4. The third-order valence-electron chi connectivity index (χ3n) is 5.67. The summed E-state index contributed by atoms with van der Waals surface area (Å²) in [5.41, 5.74) is 2.94. The summed E-state index contributed by atoms with van der Waals surface area (Å²) in [5.74, 6) is 0.632. The van der Waals surface area contributed by atoms with Crippen LogP contribution in [0.3, 0.4) is 0 Å². The third kappa shape index (κ3) is 4.92. The van der Waals surface area contributed by atoms with Gasteiger partial charge in [-0.3, -0.25) is 19.5 Å². The van der Waals surface area contributed by atoms with Crippen molar-refractivity contribution < 1.29 is 23.9 Å². The Kier molecular flexibility index (Phi) is 6.28. The molecular formula is C25H22N4O5S. The number of anilines is 2. The Bertz CT molecular complexity index is 1360. The zero-order valence-electron chi connectivity index (χ0n) is 18.8. The Labute approximate surface area is 205 Å². The highest BCUT2D eigenvalue weighted by Gasteiger charge is 2.33. The number of ether oxygens (including phenoxy) is 2. The van der Waals surface area contributed by atoms with Crippen molar-refractivity contribution in [1.29, 1.82) is 0 Å². The number of thioether (sulfide) groups is 1. The van der Waals surface area contributed by atoms with Crippen molar-refractivity contribution in [1.82, 2.24) is 10.3 Å². The molecule has 35 heavy (non-hydrogen) atoms. The number of hydrogen-bond donors (Lipinski definition) is 2. The van der Waals surface area contributed by atoms with E-state index in [9.17, 15) is 14.4 Å². The quantitative estimate of drug-likeness (QED) is 0.510. The van der Waals surface area contributed by atoms with Crippen LogP contribution in [0.1, 0.15) is 5.56 Å². The lowest BCUT2D eigenvalue weighted by Gasteiger charge is -2.19. The molecule has 0 bridgehead atoms. The van der Waals surface area contributed by atoms with Gasteiger partial charge in [0, 0.05) is 22.0 Å². The van der Waals surface area contributed by atoms with Crippen LogP contribution in [0.4, 0.5) is 16.2 Å². The van der Waals surface area contributed by atoms with Crippen molar-refractivity contribution in [2.45, 2.75) is 11.0 Å². The second-order valence-electron chi connectivity index (χ2n) is 8.00. The minimum absolute atomic E-state index is 0.0730. The summed E-state index contributed by atoms with van der Waals surface area (Å²) in [4.78, 5) is 43.3. The van der Waals surface area contributed by atoms with Crippen molar-refractivity contribution in [2.24, 2.45) is 0 Å². The van der Waals surface area contributed by atoms with E-state index in [1.54, 1.807) is 25.4 Å². The normalized spacial score (nSPS) is 17.3. The van der Waals surface area contributed by atoms with Gasteiger partial charge in [-0.25, -0.2) is 4.79 Å². The number of pyridine rings is 1. The zero-order chi connectivity index (χ0) is 24.4. The van der Waals surface area contributed by atoms with E-state index in [2.05, 4.69) is 15.6 Å². The lowest BCUT2D eigenvalue weighted by atomic mass is 10.1. The SMILES string of the molecule is COc1cnc2cccc(/C=C/C(=O)NC[C@@H]3CN(c4ccc5c(c4)NC(=O)CS5)C(=O)O3)c2c1. The fourth-order valence-corrected chi connectivity index (χ4v) is 4.71. The molecule has 9 nitrogen and oxygen atoms in total. The summed E-state index contributed by atoms with van der Waals surface area (Å²) >= 11 is 1.46. The van der Waals surface area contributed by atoms with Crippen LogP contribution in [-0.2, 0) is 14.3 Å². The first-order valence-electron chi connectivity index (χ1n) is 10.9. The average molecular weight is 491 g/mol. The fourth-order valence-electron chi connectivity index (χ4n) is 3.93. The second kappa shape index (κ2) is 9.67.